The molecule has 0 heterocycles. The molecule has 1 rings (SSSR count). The van der Waals surface area contributed by atoms with Gasteiger partial charge in [-0.1, -0.05) is 23.7 Å². The molecular weight excluding hydrogens is 214 g/mol. The Morgan fingerprint density at radius 3 is 2.93 bits per heavy atom. The predicted octanol–water partition coefficient (Wildman–Crippen LogP) is 2.17. The average Bonchev–Trinajstić information content (AvgIpc) is 2.24. The molecule has 84 valence electrons. The van der Waals surface area contributed by atoms with Crippen LogP contribution < -0.4 is 5.32 Å². The molecule has 0 bridgehead atoms. The van der Waals surface area contributed by atoms with E-state index in [0.29, 0.717) is 11.6 Å². The first-order valence-corrected chi connectivity index (χ1v) is 5.22. The summed E-state index contributed by atoms with van der Waals surface area (Å²) >= 11 is 5.78. The number of phenols is 1. The van der Waals surface area contributed by atoms with E-state index < -0.39 is 0 Å². The molecule has 0 saturated carbocycles. The van der Waals surface area contributed by atoms with Gasteiger partial charge in [-0.25, -0.2) is 0 Å². The molecule has 1 unspecified atom stereocenters. The average molecular weight is 230 g/mol. The highest BCUT2D eigenvalue weighted by molar-refractivity contribution is 6.32. The van der Waals surface area contributed by atoms with Crippen LogP contribution in [0.3, 0.4) is 0 Å². The maximum atomic E-state index is 9.62. The van der Waals surface area contributed by atoms with Crippen molar-refractivity contribution in [3.05, 3.63) is 28.8 Å². The topological polar surface area (TPSA) is 41.5 Å². The van der Waals surface area contributed by atoms with E-state index in [9.17, 15) is 5.11 Å². The fraction of sp³-hybridized carbons (Fsp3) is 0.455. The highest BCUT2D eigenvalue weighted by Crippen LogP contribution is 2.26. The molecule has 0 fully saturated rings. The van der Waals surface area contributed by atoms with Crippen LogP contribution >= 0.6 is 11.6 Å². The van der Waals surface area contributed by atoms with Crippen molar-refractivity contribution in [2.75, 3.05) is 13.7 Å². The summed E-state index contributed by atoms with van der Waals surface area (Å²) in [5, 5.41) is 13.2. The van der Waals surface area contributed by atoms with Crippen LogP contribution in [0.25, 0.3) is 0 Å². The van der Waals surface area contributed by atoms with Crippen molar-refractivity contribution in [1.29, 1.82) is 0 Å². The summed E-state index contributed by atoms with van der Waals surface area (Å²) in [6.07, 6.45) is 0.159. The molecule has 0 saturated heterocycles. The van der Waals surface area contributed by atoms with Crippen LogP contribution in [0.5, 0.6) is 5.75 Å². The van der Waals surface area contributed by atoms with E-state index in [2.05, 4.69) is 5.32 Å². The van der Waals surface area contributed by atoms with Gasteiger partial charge < -0.3 is 15.2 Å². The number of hydrogen-bond donors (Lipinski definition) is 2. The molecule has 0 radical (unpaired) electrons. The lowest BCUT2D eigenvalue weighted by molar-refractivity contribution is 0.117. The fourth-order valence-corrected chi connectivity index (χ4v) is 1.39. The molecule has 1 atom stereocenters. The van der Waals surface area contributed by atoms with Gasteiger partial charge in [0.25, 0.3) is 0 Å². The van der Waals surface area contributed by atoms with Gasteiger partial charge in [-0.3, -0.25) is 0 Å². The monoisotopic (exact) mass is 229 g/mol. The van der Waals surface area contributed by atoms with E-state index >= 15 is 0 Å². The summed E-state index contributed by atoms with van der Waals surface area (Å²) in [5.41, 5.74) is 0.797. The summed E-state index contributed by atoms with van der Waals surface area (Å²) in [6, 6.07) is 5.32. The van der Waals surface area contributed by atoms with Crippen molar-refractivity contribution in [1.82, 2.24) is 5.32 Å². The minimum Gasteiger partial charge on any atom is -0.506 e. The second-order valence-electron chi connectivity index (χ2n) is 3.42. The van der Waals surface area contributed by atoms with Crippen molar-refractivity contribution in [3.8, 4) is 5.75 Å². The van der Waals surface area contributed by atoms with Gasteiger partial charge in [0.15, 0.2) is 0 Å². The SMILES string of the molecule is COC(C)CNCc1cccc(Cl)c1O. The molecule has 0 aliphatic rings. The second-order valence-corrected chi connectivity index (χ2v) is 3.83. The predicted molar refractivity (Wildman–Crippen MR) is 61.3 cm³/mol. The van der Waals surface area contributed by atoms with E-state index in [-0.39, 0.29) is 11.9 Å². The normalized spacial score (nSPS) is 12.7. The second kappa shape index (κ2) is 5.95. The first-order chi connectivity index (χ1) is 7.15. The number of benzene rings is 1. The van der Waals surface area contributed by atoms with E-state index in [1.807, 2.05) is 19.1 Å². The number of ether oxygens (including phenoxy) is 1. The molecule has 0 aliphatic carbocycles. The zero-order valence-corrected chi connectivity index (χ0v) is 9.71. The molecule has 3 nitrogen and oxygen atoms in total. The molecule has 15 heavy (non-hydrogen) atoms. The Kier molecular flexibility index (Phi) is 4.88. The first kappa shape index (κ1) is 12.3. The van der Waals surface area contributed by atoms with Gasteiger partial charge in [0.2, 0.25) is 0 Å². The molecule has 1 aromatic rings. The lowest BCUT2D eigenvalue weighted by atomic mass is 10.2. The molecule has 0 amide bonds. The van der Waals surface area contributed by atoms with Crippen LogP contribution in [-0.2, 0) is 11.3 Å². The van der Waals surface area contributed by atoms with Crippen LogP contribution in [0.15, 0.2) is 18.2 Å². The van der Waals surface area contributed by atoms with E-state index in [0.717, 1.165) is 12.1 Å². The Bertz CT molecular complexity index is 317. The van der Waals surface area contributed by atoms with Crippen LogP contribution in [0.2, 0.25) is 5.02 Å². The first-order valence-electron chi connectivity index (χ1n) is 4.85. The zero-order valence-electron chi connectivity index (χ0n) is 8.96. The minimum atomic E-state index is 0.150. The van der Waals surface area contributed by atoms with Crippen LogP contribution in [0.4, 0.5) is 0 Å². The Balaban J connectivity index is 2.47. The Morgan fingerprint density at radius 2 is 2.27 bits per heavy atom. The van der Waals surface area contributed by atoms with Crippen molar-refractivity contribution in [2.45, 2.75) is 19.6 Å². The highest BCUT2D eigenvalue weighted by Gasteiger charge is 2.05. The summed E-state index contributed by atoms with van der Waals surface area (Å²) in [6.45, 7) is 3.30. The summed E-state index contributed by atoms with van der Waals surface area (Å²) in [5.74, 6) is 0.150. The third kappa shape index (κ3) is 3.70. The van der Waals surface area contributed by atoms with Crippen LogP contribution in [0.1, 0.15) is 12.5 Å². The van der Waals surface area contributed by atoms with Crippen molar-refractivity contribution < 1.29 is 9.84 Å². The van der Waals surface area contributed by atoms with Gasteiger partial charge in [-0.15, -0.1) is 0 Å². The number of para-hydroxylation sites is 1. The lowest BCUT2D eigenvalue weighted by Crippen LogP contribution is -2.25. The van der Waals surface area contributed by atoms with Gasteiger partial charge in [-0.2, -0.15) is 0 Å². The van der Waals surface area contributed by atoms with E-state index in [1.165, 1.54) is 0 Å². The zero-order chi connectivity index (χ0) is 11.3. The Morgan fingerprint density at radius 1 is 1.53 bits per heavy atom. The van der Waals surface area contributed by atoms with Gasteiger partial charge in [-0.05, 0) is 13.0 Å². The van der Waals surface area contributed by atoms with Crippen molar-refractivity contribution in [3.63, 3.8) is 0 Å². The molecule has 2 N–H and O–H groups in total. The molecule has 0 aliphatic heterocycles. The molecule has 0 spiro atoms. The molecule has 0 aromatic heterocycles. The van der Waals surface area contributed by atoms with Gasteiger partial charge >= 0.3 is 0 Å². The molecule has 4 heteroatoms. The maximum Gasteiger partial charge on any atom is 0.138 e. The third-order valence-corrected chi connectivity index (χ3v) is 2.52. The van der Waals surface area contributed by atoms with Gasteiger partial charge in [0, 0.05) is 25.8 Å². The Labute approximate surface area is 95.0 Å². The number of phenolic OH excluding ortho intramolecular Hbond substituents is 1. The van der Waals surface area contributed by atoms with Gasteiger partial charge in [0.1, 0.15) is 5.75 Å². The number of halogens is 1. The highest BCUT2D eigenvalue weighted by atomic mass is 35.5. The quantitative estimate of drug-likeness (QED) is 0.813. The maximum absolute atomic E-state index is 9.62. The van der Waals surface area contributed by atoms with Crippen LogP contribution in [0, 0.1) is 0 Å². The number of rotatable bonds is 5. The minimum absolute atomic E-state index is 0.150. The summed E-state index contributed by atoms with van der Waals surface area (Å²) in [4.78, 5) is 0. The Hall–Kier alpha value is -0.770. The summed E-state index contributed by atoms with van der Waals surface area (Å²) < 4.78 is 5.09. The number of nitrogens with one attached hydrogen (secondary N) is 1. The van der Waals surface area contributed by atoms with E-state index in [1.54, 1.807) is 13.2 Å². The van der Waals surface area contributed by atoms with E-state index in [4.69, 9.17) is 16.3 Å². The lowest BCUT2D eigenvalue weighted by Gasteiger charge is -2.11. The van der Waals surface area contributed by atoms with Crippen molar-refractivity contribution in [2.24, 2.45) is 0 Å². The molecule has 1 aromatic carbocycles. The number of hydrogen-bond acceptors (Lipinski definition) is 3. The van der Waals surface area contributed by atoms with Crippen LogP contribution in [-0.4, -0.2) is 24.9 Å². The fourth-order valence-electron chi connectivity index (χ4n) is 1.20. The smallest absolute Gasteiger partial charge is 0.138 e. The standard InChI is InChI=1S/C11H16ClNO2/c1-8(15-2)6-13-7-9-4-3-5-10(12)11(9)14/h3-5,8,13-14H,6-7H2,1-2H3. The van der Waals surface area contributed by atoms with Gasteiger partial charge in [0.05, 0.1) is 11.1 Å². The third-order valence-electron chi connectivity index (χ3n) is 2.22. The van der Waals surface area contributed by atoms with Crippen molar-refractivity contribution >= 4 is 11.6 Å². The molecular formula is C11H16ClNO2. The number of methoxy groups -OCH3 is 1. The largest absolute Gasteiger partial charge is 0.506 e. The number of aromatic hydroxyl groups is 1. The summed E-state index contributed by atoms with van der Waals surface area (Å²) in [7, 11) is 1.67.